The third-order valence-corrected chi connectivity index (χ3v) is 2.10. The molecule has 0 aliphatic heterocycles. The van der Waals surface area contributed by atoms with Crippen molar-refractivity contribution in [2.24, 2.45) is 0 Å². The summed E-state index contributed by atoms with van der Waals surface area (Å²) < 4.78 is 5.43. The average molecular weight is 202 g/mol. The molecule has 86 valence electrons. The summed E-state index contributed by atoms with van der Waals surface area (Å²) in [6.07, 6.45) is 4.90. The topological polar surface area (TPSA) is 33.3 Å². The largest absolute Gasteiger partial charge is 0.380 e. The molecule has 0 aromatic heterocycles. The van der Waals surface area contributed by atoms with Crippen LogP contribution in [0.3, 0.4) is 0 Å². The molecule has 0 bridgehead atoms. The van der Waals surface area contributed by atoms with Crippen LogP contribution in [0.5, 0.6) is 0 Å². The van der Waals surface area contributed by atoms with E-state index < -0.39 is 0 Å². The van der Waals surface area contributed by atoms with Crippen molar-refractivity contribution in [1.82, 2.24) is 10.6 Å². The molecule has 0 aliphatic rings. The molecule has 0 unspecified atom stereocenters. The highest BCUT2D eigenvalue weighted by Crippen LogP contribution is 1.87. The number of hydrogen-bond acceptors (Lipinski definition) is 3. The van der Waals surface area contributed by atoms with Crippen molar-refractivity contribution in [3.8, 4) is 0 Å². The molecular formula is C11H26N2O. The molecule has 0 saturated heterocycles. The summed E-state index contributed by atoms with van der Waals surface area (Å²) in [7, 11) is 2.00. The van der Waals surface area contributed by atoms with Crippen molar-refractivity contribution in [1.29, 1.82) is 0 Å². The second-order valence-electron chi connectivity index (χ2n) is 3.53. The first-order valence-electron chi connectivity index (χ1n) is 5.85. The Kier molecular flexibility index (Phi) is 12.8. The Morgan fingerprint density at radius 2 is 1.71 bits per heavy atom. The van der Waals surface area contributed by atoms with Crippen LogP contribution in [0.25, 0.3) is 0 Å². The maximum Gasteiger partial charge on any atom is 0.0590 e. The van der Waals surface area contributed by atoms with E-state index in [9.17, 15) is 0 Å². The molecule has 0 fully saturated rings. The van der Waals surface area contributed by atoms with Gasteiger partial charge in [0, 0.05) is 13.2 Å². The molecule has 0 rings (SSSR count). The van der Waals surface area contributed by atoms with Crippen molar-refractivity contribution in [2.45, 2.75) is 32.6 Å². The zero-order valence-corrected chi connectivity index (χ0v) is 9.77. The molecule has 3 heteroatoms. The van der Waals surface area contributed by atoms with E-state index in [1.54, 1.807) is 0 Å². The fourth-order valence-electron chi connectivity index (χ4n) is 1.17. The lowest BCUT2D eigenvalue weighted by molar-refractivity contribution is 0.133. The molecule has 2 N–H and O–H groups in total. The number of unbranched alkanes of at least 4 members (excludes halogenated alkanes) is 2. The van der Waals surface area contributed by atoms with Gasteiger partial charge in [-0.1, -0.05) is 13.3 Å². The first-order chi connectivity index (χ1) is 6.91. The smallest absolute Gasteiger partial charge is 0.0590 e. The van der Waals surface area contributed by atoms with E-state index >= 15 is 0 Å². The van der Waals surface area contributed by atoms with Crippen LogP contribution in [0, 0.1) is 0 Å². The highest BCUT2D eigenvalue weighted by Gasteiger charge is 1.89. The van der Waals surface area contributed by atoms with E-state index in [1.165, 1.54) is 25.7 Å². The fourth-order valence-corrected chi connectivity index (χ4v) is 1.17. The Bertz CT molecular complexity index is 87.3. The van der Waals surface area contributed by atoms with Crippen LogP contribution >= 0.6 is 0 Å². The Hall–Kier alpha value is -0.120. The van der Waals surface area contributed by atoms with Gasteiger partial charge in [-0.2, -0.15) is 0 Å². The van der Waals surface area contributed by atoms with Gasteiger partial charge in [0.05, 0.1) is 6.61 Å². The van der Waals surface area contributed by atoms with Crippen LogP contribution in [0.2, 0.25) is 0 Å². The van der Waals surface area contributed by atoms with Crippen molar-refractivity contribution in [3.05, 3.63) is 0 Å². The van der Waals surface area contributed by atoms with Gasteiger partial charge in [0.1, 0.15) is 0 Å². The Labute approximate surface area is 88.6 Å². The fraction of sp³-hybridized carbons (Fsp3) is 1.00. The number of hydrogen-bond donors (Lipinski definition) is 2. The van der Waals surface area contributed by atoms with Crippen LogP contribution in [0.15, 0.2) is 0 Å². The minimum atomic E-state index is 0.853. The predicted molar refractivity (Wildman–Crippen MR) is 61.8 cm³/mol. The summed E-state index contributed by atoms with van der Waals surface area (Å²) >= 11 is 0. The van der Waals surface area contributed by atoms with E-state index in [2.05, 4.69) is 17.6 Å². The lowest BCUT2D eigenvalue weighted by atomic mass is 10.3. The quantitative estimate of drug-likeness (QED) is 0.497. The standard InChI is InChI=1S/C11H26N2O/c1-3-4-10-14-11-9-13-8-6-5-7-12-2/h12-13H,3-11H2,1-2H3. The van der Waals surface area contributed by atoms with Crippen molar-refractivity contribution >= 4 is 0 Å². The molecule has 0 radical (unpaired) electrons. The lowest BCUT2D eigenvalue weighted by Crippen LogP contribution is -2.22. The average Bonchev–Trinajstić information content (AvgIpc) is 2.21. The summed E-state index contributed by atoms with van der Waals surface area (Å²) in [6.45, 7) is 7.17. The van der Waals surface area contributed by atoms with Gasteiger partial charge in [0.2, 0.25) is 0 Å². The third kappa shape index (κ3) is 11.9. The van der Waals surface area contributed by atoms with Gasteiger partial charge < -0.3 is 15.4 Å². The van der Waals surface area contributed by atoms with Crippen LogP contribution in [0.1, 0.15) is 32.6 Å². The van der Waals surface area contributed by atoms with Gasteiger partial charge in [0.15, 0.2) is 0 Å². The summed E-state index contributed by atoms with van der Waals surface area (Å²) in [4.78, 5) is 0. The van der Waals surface area contributed by atoms with E-state index in [1.807, 2.05) is 7.05 Å². The van der Waals surface area contributed by atoms with Crippen LogP contribution in [0.4, 0.5) is 0 Å². The second kappa shape index (κ2) is 12.9. The number of rotatable bonds is 11. The van der Waals surface area contributed by atoms with Crippen LogP contribution < -0.4 is 10.6 Å². The third-order valence-electron chi connectivity index (χ3n) is 2.10. The molecule has 0 heterocycles. The van der Waals surface area contributed by atoms with Crippen molar-refractivity contribution < 1.29 is 4.74 Å². The monoisotopic (exact) mass is 202 g/mol. The summed E-state index contributed by atoms with van der Waals surface area (Å²) in [5.41, 5.74) is 0. The Morgan fingerprint density at radius 3 is 2.43 bits per heavy atom. The van der Waals surface area contributed by atoms with Gasteiger partial charge >= 0.3 is 0 Å². The number of nitrogens with one attached hydrogen (secondary N) is 2. The highest BCUT2D eigenvalue weighted by atomic mass is 16.5. The summed E-state index contributed by atoms with van der Waals surface area (Å²) in [5, 5.41) is 6.51. The predicted octanol–water partition coefficient (Wildman–Crippen LogP) is 1.39. The SMILES string of the molecule is CCCCOCCNCCCCNC. The van der Waals surface area contributed by atoms with E-state index in [4.69, 9.17) is 4.74 Å². The molecule has 0 aromatic rings. The van der Waals surface area contributed by atoms with Crippen LogP contribution in [-0.4, -0.2) is 39.9 Å². The minimum absolute atomic E-state index is 0.853. The lowest BCUT2D eigenvalue weighted by Gasteiger charge is -2.05. The van der Waals surface area contributed by atoms with Gasteiger partial charge in [-0.05, 0) is 39.4 Å². The van der Waals surface area contributed by atoms with Gasteiger partial charge in [-0.3, -0.25) is 0 Å². The zero-order valence-electron chi connectivity index (χ0n) is 9.77. The van der Waals surface area contributed by atoms with Gasteiger partial charge in [-0.25, -0.2) is 0 Å². The minimum Gasteiger partial charge on any atom is -0.380 e. The molecule has 3 nitrogen and oxygen atoms in total. The maximum absolute atomic E-state index is 5.43. The van der Waals surface area contributed by atoms with Crippen molar-refractivity contribution in [3.63, 3.8) is 0 Å². The second-order valence-corrected chi connectivity index (χ2v) is 3.53. The molecule has 0 atom stereocenters. The van der Waals surface area contributed by atoms with Crippen LogP contribution in [-0.2, 0) is 4.74 Å². The molecule has 0 amide bonds. The van der Waals surface area contributed by atoms with E-state index in [-0.39, 0.29) is 0 Å². The maximum atomic E-state index is 5.43. The normalized spacial score (nSPS) is 10.7. The zero-order chi connectivity index (χ0) is 10.5. The summed E-state index contributed by atoms with van der Waals surface area (Å²) in [6, 6.07) is 0. The van der Waals surface area contributed by atoms with E-state index in [0.29, 0.717) is 0 Å². The Balaban J connectivity index is 2.78. The molecule has 14 heavy (non-hydrogen) atoms. The molecule has 0 aliphatic carbocycles. The Morgan fingerprint density at radius 1 is 0.929 bits per heavy atom. The molecular weight excluding hydrogens is 176 g/mol. The first-order valence-corrected chi connectivity index (χ1v) is 5.85. The van der Waals surface area contributed by atoms with Gasteiger partial charge in [0.25, 0.3) is 0 Å². The highest BCUT2D eigenvalue weighted by molar-refractivity contribution is 4.49. The van der Waals surface area contributed by atoms with Gasteiger partial charge in [-0.15, -0.1) is 0 Å². The number of ether oxygens (including phenoxy) is 1. The first kappa shape index (κ1) is 13.9. The van der Waals surface area contributed by atoms with Crippen molar-refractivity contribution in [2.75, 3.05) is 39.9 Å². The molecule has 0 saturated carbocycles. The molecule has 0 aromatic carbocycles. The summed E-state index contributed by atoms with van der Waals surface area (Å²) in [5.74, 6) is 0. The molecule has 0 spiro atoms. The van der Waals surface area contributed by atoms with E-state index in [0.717, 1.165) is 32.8 Å².